The minimum atomic E-state index is 0.525. The molecule has 0 N–H and O–H groups in total. The number of para-hydroxylation sites is 3. The molecule has 12 rings (SSSR count). The van der Waals surface area contributed by atoms with Gasteiger partial charge in [0.25, 0.3) is 0 Å². The van der Waals surface area contributed by atoms with Crippen LogP contribution in [-0.4, -0.2) is 19.5 Å². The van der Waals surface area contributed by atoms with Crippen molar-refractivity contribution in [1.29, 1.82) is 0 Å². The largest absolute Gasteiger partial charge is 0.456 e. The van der Waals surface area contributed by atoms with Crippen LogP contribution in [0.3, 0.4) is 0 Å². The van der Waals surface area contributed by atoms with Crippen LogP contribution in [0.4, 0.5) is 0 Å². The predicted octanol–water partition coefficient (Wildman–Crippen LogP) is 12.9. The van der Waals surface area contributed by atoms with Crippen molar-refractivity contribution in [2.75, 3.05) is 0 Å². The molecule has 0 unspecified atom stereocenters. The highest BCUT2D eigenvalue weighted by Crippen LogP contribution is 2.43. The van der Waals surface area contributed by atoms with E-state index in [1.54, 1.807) is 0 Å². The van der Waals surface area contributed by atoms with Crippen LogP contribution in [0.25, 0.3) is 116 Å². The summed E-state index contributed by atoms with van der Waals surface area (Å²) in [6.07, 6.45) is 0. The van der Waals surface area contributed by atoms with Crippen LogP contribution in [0.15, 0.2) is 179 Å². The van der Waals surface area contributed by atoms with Gasteiger partial charge in [0, 0.05) is 38.1 Å². The molecule has 0 aliphatic rings. The molecule has 256 valence electrons. The standard InChI is InChI=1S/C49H28N4O2/c1-2-12-29(13-3-1)47-50-48(32-22-23-35-34-17-7-10-20-42(34)54-44(35)28-32)52-49(51-47)37-24-25-40(45-36-18-8-11-21-43(36)55-46(37)45)53-39-19-9-6-16-33(39)38-26-30-14-4-5-15-31(30)27-41(38)53/h1-28H. The fourth-order valence-electron chi connectivity index (χ4n) is 8.29. The van der Waals surface area contributed by atoms with Crippen molar-refractivity contribution in [3.63, 3.8) is 0 Å². The summed E-state index contributed by atoms with van der Waals surface area (Å²) in [6.45, 7) is 0. The molecule has 12 aromatic rings. The van der Waals surface area contributed by atoms with E-state index in [1.165, 1.54) is 21.5 Å². The van der Waals surface area contributed by atoms with Crippen LogP contribution in [0.2, 0.25) is 0 Å². The Hall–Kier alpha value is -7.57. The van der Waals surface area contributed by atoms with Crippen LogP contribution < -0.4 is 0 Å². The maximum Gasteiger partial charge on any atom is 0.167 e. The van der Waals surface area contributed by atoms with E-state index in [2.05, 4.69) is 108 Å². The summed E-state index contributed by atoms with van der Waals surface area (Å²) in [5, 5.41) is 8.95. The zero-order chi connectivity index (χ0) is 36.0. The zero-order valence-corrected chi connectivity index (χ0v) is 29.3. The molecule has 6 heteroatoms. The molecule has 0 radical (unpaired) electrons. The Morgan fingerprint density at radius 1 is 0.382 bits per heavy atom. The van der Waals surface area contributed by atoms with E-state index in [0.29, 0.717) is 23.1 Å². The first-order valence-corrected chi connectivity index (χ1v) is 18.4. The molecule has 0 atom stereocenters. The topological polar surface area (TPSA) is 69.9 Å². The number of furan rings is 2. The summed E-state index contributed by atoms with van der Waals surface area (Å²) < 4.78 is 15.5. The van der Waals surface area contributed by atoms with E-state index in [-0.39, 0.29) is 0 Å². The number of hydrogen-bond acceptors (Lipinski definition) is 5. The lowest BCUT2D eigenvalue weighted by Gasteiger charge is -2.13. The molecule has 4 aromatic heterocycles. The van der Waals surface area contributed by atoms with Gasteiger partial charge in [0.15, 0.2) is 17.5 Å². The van der Waals surface area contributed by atoms with Gasteiger partial charge in [-0.05, 0) is 65.4 Å². The van der Waals surface area contributed by atoms with Crippen molar-refractivity contribution >= 4 is 76.5 Å². The molecular formula is C49H28N4O2. The predicted molar refractivity (Wildman–Crippen MR) is 223 cm³/mol. The second-order valence-corrected chi connectivity index (χ2v) is 14.0. The average molecular weight is 705 g/mol. The second-order valence-electron chi connectivity index (χ2n) is 14.0. The lowest BCUT2D eigenvalue weighted by Crippen LogP contribution is -2.01. The molecule has 0 amide bonds. The zero-order valence-electron chi connectivity index (χ0n) is 29.3. The first-order valence-electron chi connectivity index (χ1n) is 18.4. The highest BCUT2D eigenvalue weighted by atomic mass is 16.3. The van der Waals surface area contributed by atoms with Gasteiger partial charge in [-0.2, -0.15) is 0 Å². The van der Waals surface area contributed by atoms with Crippen LogP contribution in [-0.2, 0) is 0 Å². The molecule has 0 aliphatic heterocycles. The van der Waals surface area contributed by atoms with E-state index in [1.807, 2.05) is 66.7 Å². The highest BCUT2D eigenvalue weighted by molar-refractivity contribution is 6.18. The third-order valence-electron chi connectivity index (χ3n) is 10.8. The van der Waals surface area contributed by atoms with Crippen LogP contribution in [0.1, 0.15) is 0 Å². The normalized spacial score (nSPS) is 12.0. The fraction of sp³-hybridized carbons (Fsp3) is 0. The van der Waals surface area contributed by atoms with Gasteiger partial charge in [-0.25, -0.2) is 15.0 Å². The molecule has 6 nitrogen and oxygen atoms in total. The molecule has 0 fully saturated rings. The van der Waals surface area contributed by atoms with E-state index in [9.17, 15) is 0 Å². The van der Waals surface area contributed by atoms with Crippen molar-refractivity contribution in [3.8, 4) is 39.9 Å². The summed E-state index contributed by atoms with van der Waals surface area (Å²) in [6, 6.07) is 58.6. The Morgan fingerprint density at radius 3 is 1.85 bits per heavy atom. The number of nitrogens with zero attached hydrogens (tertiary/aromatic N) is 4. The van der Waals surface area contributed by atoms with Gasteiger partial charge in [-0.15, -0.1) is 0 Å². The van der Waals surface area contributed by atoms with Gasteiger partial charge in [-0.1, -0.05) is 115 Å². The number of rotatable bonds is 4. The minimum absolute atomic E-state index is 0.525. The number of hydrogen-bond donors (Lipinski definition) is 0. The van der Waals surface area contributed by atoms with Gasteiger partial charge >= 0.3 is 0 Å². The van der Waals surface area contributed by atoms with Crippen molar-refractivity contribution in [1.82, 2.24) is 19.5 Å². The monoisotopic (exact) mass is 704 g/mol. The number of fused-ring (bicyclic) bond motifs is 10. The van der Waals surface area contributed by atoms with Crippen molar-refractivity contribution < 1.29 is 8.83 Å². The Labute approximate surface area is 313 Å². The van der Waals surface area contributed by atoms with Gasteiger partial charge in [0.1, 0.15) is 22.3 Å². The summed E-state index contributed by atoms with van der Waals surface area (Å²) in [5.74, 6) is 1.65. The molecule has 0 aliphatic carbocycles. The smallest absolute Gasteiger partial charge is 0.167 e. The first kappa shape index (κ1) is 29.9. The number of benzene rings is 8. The quantitative estimate of drug-likeness (QED) is 0.182. The SMILES string of the molecule is c1ccc(-c2nc(-c3ccc4c(c3)oc3ccccc34)nc(-c3ccc(-n4c5ccccc5c5cc6ccccc6cc54)c4c3oc3ccccc34)n2)cc1. The van der Waals surface area contributed by atoms with E-state index >= 15 is 0 Å². The minimum Gasteiger partial charge on any atom is -0.456 e. The molecule has 0 spiro atoms. The first-order chi connectivity index (χ1) is 27.2. The molecule has 8 aromatic carbocycles. The Morgan fingerprint density at radius 2 is 1.02 bits per heavy atom. The van der Waals surface area contributed by atoms with Crippen LogP contribution >= 0.6 is 0 Å². The molecule has 4 heterocycles. The Bertz CT molecular complexity index is 3500. The molecule has 55 heavy (non-hydrogen) atoms. The Kier molecular flexibility index (Phi) is 6.24. The number of aromatic nitrogens is 4. The third kappa shape index (κ3) is 4.52. The third-order valence-corrected chi connectivity index (χ3v) is 10.8. The maximum absolute atomic E-state index is 6.82. The maximum atomic E-state index is 6.82. The van der Waals surface area contributed by atoms with Gasteiger partial charge < -0.3 is 13.4 Å². The van der Waals surface area contributed by atoms with Gasteiger partial charge in [0.2, 0.25) is 0 Å². The highest BCUT2D eigenvalue weighted by Gasteiger charge is 2.23. The summed E-state index contributed by atoms with van der Waals surface area (Å²) in [4.78, 5) is 15.3. The summed E-state index contributed by atoms with van der Waals surface area (Å²) >= 11 is 0. The van der Waals surface area contributed by atoms with Crippen LogP contribution in [0.5, 0.6) is 0 Å². The summed E-state index contributed by atoms with van der Waals surface area (Å²) in [5.41, 5.74) is 8.94. The van der Waals surface area contributed by atoms with Crippen LogP contribution in [0, 0.1) is 0 Å². The molecule has 0 bridgehead atoms. The average Bonchev–Trinajstić information content (AvgIpc) is 3.92. The van der Waals surface area contributed by atoms with E-state index in [0.717, 1.165) is 71.7 Å². The molecular weight excluding hydrogens is 677 g/mol. The second kappa shape index (κ2) is 11.5. The molecule has 0 saturated heterocycles. The fourth-order valence-corrected chi connectivity index (χ4v) is 8.29. The van der Waals surface area contributed by atoms with Crippen molar-refractivity contribution in [2.24, 2.45) is 0 Å². The lowest BCUT2D eigenvalue weighted by molar-refractivity contribution is 0.668. The van der Waals surface area contributed by atoms with E-state index < -0.39 is 0 Å². The lowest BCUT2D eigenvalue weighted by atomic mass is 10.0. The van der Waals surface area contributed by atoms with Crippen molar-refractivity contribution in [2.45, 2.75) is 0 Å². The van der Waals surface area contributed by atoms with Crippen molar-refractivity contribution in [3.05, 3.63) is 170 Å². The Balaban J connectivity index is 1.13. The molecule has 0 saturated carbocycles. The van der Waals surface area contributed by atoms with Gasteiger partial charge in [0.05, 0.1) is 27.7 Å². The summed E-state index contributed by atoms with van der Waals surface area (Å²) in [7, 11) is 0. The van der Waals surface area contributed by atoms with Gasteiger partial charge in [-0.3, -0.25) is 0 Å². The van der Waals surface area contributed by atoms with E-state index in [4.69, 9.17) is 23.8 Å².